The Morgan fingerprint density at radius 3 is 2.59 bits per heavy atom. The maximum atomic E-state index is 4.48. The van der Waals surface area contributed by atoms with Gasteiger partial charge in [-0.1, -0.05) is 0 Å². The third kappa shape index (κ3) is 3.16. The van der Waals surface area contributed by atoms with Crippen LogP contribution in [-0.2, 0) is 0 Å². The van der Waals surface area contributed by atoms with Crippen LogP contribution in [0.4, 0.5) is 5.82 Å². The molecule has 0 radical (unpaired) electrons. The molecule has 1 aliphatic rings. The molecule has 0 bridgehead atoms. The van der Waals surface area contributed by atoms with E-state index in [-0.39, 0.29) is 0 Å². The van der Waals surface area contributed by atoms with Crippen LogP contribution in [0.2, 0.25) is 0 Å². The standard InChI is InChI=1S/C13H22N4/c1-9-10(2)16-11(3)17-13(9)15-8-12-4-6-14-7-5-12/h12,14H,4-8H2,1-3H3,(H,15,16,17). The summed E-state index contributed by atoms with van der Waals surface area (Å²) in [5.41, 5.74) is 2.25. The van der Waals surface area contributed by atoms with Gasteiger partial charge in [-0.05, 0) is 52.6 Å². The lowest BCUT2D eigenvalue weighted by Crippen LogP contribution is -2.31. The first kappa shape index (κ1) is 12.3. The van der Waals surface area contributed by atoms with Gasteiger partial charge in [0.05, 0.1) is 0 Å². The molecule has 1 aromatic heterocycles. The summed E-state index contributed by atoms with van der Waals surface area (Å²) in [4.78, 5) is 8.85. The van der Waals surface area contributed by atoms with Crippen LogP contribution in [0.25, 0.3) is 0 Å². The second-order valence-corrected chi connectivity index (χ2v) is 4.90. The van der Waals surface area contributed by atoms with E-state index in [4.69, 9.17) is 0 Å². The van der Waals surface area contributed by atoms with Gasteiger partial charge < -0.3 is 10.6 Å². The quantitative estimate of drug-likeness (QED) is 0.837. The van der Waals surface area contributed by atoms with Crippen LogP contribution in [0.1, 0.15) is 29.9 Å². The predicted molar refractivity (Wildman–Crippen MR) is 70.3 cm³/mol. The molecule has 0 atom stereocenters. The molecule has 17 heavy (non-hydrogen) atoms. The smallest absolute Gasteiger partial charge is 0.132 e. The van der Waals surface area contributed by atoms with Crippen molar-refractivity contribution in [2.24, 2.45) is 5.92 Å². The van der Waals surface area contributed by atoms with E-state index in [0.29, 0.717) is 0 Å². The van der Waals surface area contributed by atoms with Gasteiger partial charge in [-0.25, -0.2) is 9.97 Å². The number of rotatable bonds is 3. The normalized spacial score (nSPS) is 17.1. The van der Waals surface area contributed by atoms with Crippen molar-refractivity contribution in [1.29, 1.82) is 0 Å². The van der Waals surface area contributed by atoms with Crippen molar-refractivity contribution in [3.8, 4) is 0 Å². The molecule has 1 fully saturated rings. The molecule has 1 aromatic rings. The summed E-state index contributed by atoms with van der Waals surface area (Å²) in [6.45, 7) is 9.39. The van der Waals surface area contributed by atoms with Gasteiger partial charge in [0, 0.05) is 17.8 Å². The number of nitrogens with zero attached hydrogens (tertiary/aromatic N) is 2. The third-order valence-corrected chi connectivity index (χ3v) is 3.52. The fourth-order valence-corrected chi connectivity index (χ4v) is 2.27. The molecule has 94 valence electrons. The van der Waals surface area contributed by atoms with Gasteiger partial charge in [0.1, 0.15) is 11.6 Å². The van der Waals surface area contributed by atoms with Crippen molar-refractivity contribution in [1.82, 2.24) is 15.3 Å². The van der Waals surface area contributed by atoms with Gasteiger partial charge in [-0.3, -0.25) is 0 Å². The number of nitrogens with one attached hydrogen (secondary N) is 2. The van der Waals surface area contributed by atoms with Gasteiger partial charge >= 0.3 is 0 Å². The van der Waals surface area contributed by atoms with E-state index in [1.54, 1.807) is 0 Å². The van der Waals surface area contributed by atoms with Crippen LogP contribution in [0.3, 0.4) is 0 Å². The SMILES string of the molecule is Cc1nc(C)c(C)c(NCC2CCNCC2)n1. The molecule has 0 spiro atoms. The van der Waals surface area contributed by atoms with Crippen LogP contribution >= 0.6 is 0 Å². The van der Waals surface area contributed by atoms with Crippen molar-refractivity contribution in [3.63, 3.8) is 0 Å². The lowest BCUT2D eigenvalue weighted by atomic mass is 9.98. The second kappa shape index (κ2) is 5.45. The lowest BCUT2D eigenvalue weighted by Gasteiger charge is -2.23. The predicted octanol–water partition coefficient (Wildman–Crippen LogP) is 1.81. The lowest BCUT2D eigenvalue weighted by molar-refractivity contribution is 0.389. The number of hydrogen-bond acceptors (Lipinski definition) is 4. The summed E-state index contributed by atoms with van der Waals surface area (Å²) in [5, 5.41) is 6.87. The van der Waals surface area contributed by atoms with Crippen molar-refractivity contribution in [3.05, 3.63) is 17.1 Å². The summed E-state index contributed by atoms with van der Waals surface area (Å²) in [7, 11) is 0. The van der Waals surface area contributed by atoms with E-state index in [1.807, 2.05) is 13.8 Å². The molecule has 1 aliphatic heterocycles. The summed E-state index contributed by atoms with van der Waals surface area (Å²) < 4.78 is 0. The molecule has 2 N–H and O–H groups in total. The van der Waals surface area contributed by atoms with Crippen molar-refractivity contribution < 1.29 is 0 Å². The summed E-state index contributed by atoms with van der Waals surface area (Å²) in [5.74, 6) is 2.63. The molecule has 0 amide bonds. The monoisotopic (exact) mass is 234 g/mol. The average Bonchev–Trinajstić information content (AvgIpc) is 2.33. The molecule has 0 saturated carbocycles. The van der Waals surface area contributed by atoms with E-state index >= 15 is 0 Å². The Bertz CT molecular complexity index is 383. The van der Waals surface area contributed by atoms with Crippen LogP contribution in [-0.4, -0.2) is 29.6 Å². The van der Waals surface area contributed by atoms with E-state index in [1.165, 1.54) is 18.4 Å². The zero-order chi connectivity index (χ0) is 12.3. The molecule has 0 unspecified atom stereocenters. The minimum Gasteiger partial charge on any atom is -0.369 e. The molecule has 0 aromatic carbocycles. The minimum atomic E-state index is 0.770. The van der Waals surface area contributed by atoms with Crippen LogP contribution < -0.4 is 10.6 Å². The molecule has 0 aliphatic carbocycles. The minimum absolute atomic E-state index is 0.770. The Labute approximate surface area is 103 Å². The molecular weight excluding hydrogens is 212 g/mol. The number of aryl methyl sites for hydroxylation is 2. The molecule has 2 heterocycles. The number of hydrogen-bond donors (Lipinski definition) is 2. The number of aromatic nitrogens is 2. The molecule has 1 saturated heterocycles. The van der Waals surface area contributed by atoms with Crippen molar-refractivity contribution >= 4 is 5.82 Å². The van der Waals surface area contributed by atoms with E-state index in [2.05, 4.69) is 27.5 Å². The van der Waals surface area contributed by atoms with Gasteiger partial charge in [0.15, 0.2) is 0 Å². The zero-order valence-electron chi connectivity index (χ0n) is 11.0. The third-order valence-electron chi connectivity index (χ3n) is 3.52. The van der Waals surface area contributed by atoms with E-state index in [9.17, 15) is 0 Å². The maximum absolute atomic E-state index is 4.48. The largest absolute Gasteiger partial charge is 0.369 e. The Morgan fingerprint density at radius 2 is 1.88 bits per heavy atom. The molecule has 4 nitrogen and oxygen atoms in total. The fraction of sp³-hybridized carbons (Fsp3) is 0.692. The first-order chi connectivity index (χ1) is 8.16. The van der Waals surface area contributed by atoms with Gasteiger partial charge in [0.2, 0.25) is 0 Å². The highest BCUT2D eigenvalue weighted by atomic mass is 15.0. The van der Waals surface area contributed by atoms with E-state index in [0.717, 1.165) is 42.9 Å². The topological polar surface area (TPSA) is 49.8 Å². The summed E-state index contributed by atoms with van der Waals surface area (Å²) in [6.07, 6.45) is 2.52. The highest BCUT2D eigenvalue weighted by molar-refractivity contribution is 5.45. The van der Waals surface area contributed by atoms with Crippen LogP contribution in [0.5, 0.6) is 0 Å². The fourth-order valence-electron chi connectivity index (χ4n) is 2.27. The summed E-state index contributed by atoms with van der Waals surface area (Å²) in [6, 6.07) is 0. The first-order valence-corrected chi connectivity index (χ1v) is 6.43. The highest BCUT2D eigenvalue weighted by Gasteiger charge is 2.13. The van der Waals surface area contributed by atoms with Crippen molar-refractivity contribution in [2.75, 3.05) is 25.0 Å². The van der Waals surface area contributed by atoms with Crippen molar-refractivity contribution in [2.45, 2.75) is 33.6 Å². The summed E-state index contributed by atoms with van der Waals surface area (Å²) >= 11 is 0. The maximum Gasteiger partial charge on any atom is 0.132 e. The van der Waals surface area contributed by atoms with E-state index < -0.39 is 0 Å². The van der Waals surface area contributed by atoms with Gasteiger partial charge in [0.25, 0.3) is 0 Å². The zero-order valence-corrected chi connectivity index (χ0v) is 11.0. The Hall–Kier alpha value is -1.16. The first-order valence-electron chi connectivity index (χ1n) is 6.43. The Balaban J connectivity index is 1.98. The number of anilines is 1. The van der Waals surface area contributed by atoms with Gasteiger partial charge in [-0.2, -0.15) is 0 Å². The highest BCUT2D eigenvalue weighted by Crippen LogP contribution is 2.17. The molecule has 2 rings (SSSR count). The Morgan fingerprint density at radius 1 is 1.18 bits per heavy atom. The van der Waals surface area contributed by atoms with Gasteiger partial charge in [-0.15, -0.1) is 0 Å². The van der Waals surface area contributed by atoms with Crippen LogP contribution in [0, 0.1) is 26.7 Å². The average molecular weight is 234 g/mol. The molecular formula is C13H22N4. The Kier molecular flexibility index (Phi) is 3.94. The second-order valence-electron chi connectivity index (χ2n) is 4.90. The number of piperidine rings is 1. The molecule has 4 heteroatoms. The van der Waals surface area contributed by atoms with Crippen LogP contribution in [0.15, 0.2) is 0 Å².